The molecular formula is C22H27N3O4. The molecule has 1 fully saturated rings. The molecule has 0 aliphatic carbocycles. The first-order chi connectivity index (χ1) is 14.2. The van der Waals surface area contributed by atoms with E-state index in [-0.39, 0.29) is 24.4 Å². The van der Waals surface area contributed by atoms with Gasteiger partial charge in [0.15, 0.2) is 0 Å². The van der Waals surface area contributed by atoms with Crippen LogP contribution in [0.3, 0.4) is 0 Å². The molecule has 2 aromatic carbocycles. The Hall–Kier alpha value is -2.90. The highest BCUT2D eigenvalue weighted by atomic mass is 16.5. The van der Waals surface area contributed by atoms with Gasteiger partial charge in [0, 0.05) is 19.6 Å². The largest absolute Gasteiger partial charge is 0.496 e. The van der Waals surface area contributed by atoms with Crippen molar-refractivity contribution in [1.82, 2.24) is 15.5 Å². The Balaban J connectivity index is 1.59. The maximum absolute atomic E-state index is 12.6. The van der Waals surface area contributed by atoms with Crippen LogP contribution in [-0.2, 0) is 9.53 Å². The van der Waals surface area contributed by atoms with Crippen molar-refractivity contribution < 1.29 is 19.1 Å². The van der Waals surface area contributed by atoms with Gasteiger partial charge in [0.1, 0.15) is 5.75 Å². The van der Waals surface area contributed by atoms with Gasteiger partial charge in [0.05, 0.1) is 38.5 Å². The van der Waals surface area contributed by atoms with Crippen molar-refractivity contribution in [3.05, 3.63) is 65.7 Å². The topological polar surface area (TPSA) is 79.9 Å². The molecule has 0 saturated carbocycles. The smallest absolute Gasteiger partial charge is 0.255 e. The van der Waals surface area contributed by atoms with E-state index >= 15 is 0 Å². The summed E-state index contributed by atoms with van der Waals surface area (Å²) in [5.74, 6) is -0.114. The molecule has 154 valence electrons. The third kappa shape index (κ3) is 6.04. The Morgan fingerprint density at radius 1 is 1.07 bits per heavy atom. The molecule has 2 aromatic rings. The highest BCUT2D eigenvalue weighted by molar-refractivity contribution is 5.98. The summed E-state index contributed by atoms with van der Waals surface area (Å²) >= 11 is 0. The molecule has 7 nitrogen and oxygen atoms in total. The highest BCUT2D eigenvalue weighted by Gasteiger charge is 2.20. The van der Waals surface area contributed by atoms with Gasteiger partial charge in [-0.15, -0.1) is 0 Å². The molecule has 1 aliphatic heterocycles. The van der Waals surface area contributed by atoms with E-state index < -0.39 is 0 Å². The molecule has 0 aromatic heterocycles. The van der Waals surface area contributed by atoms with Crippen LogP contribution in [0.2, 0.25) is 0 Å². The summed E-state index contributed by atoms with van der Waals surface area (Å²) in [6.45, 7) is 3.66. The van der Waals surface area contributed by atoms with Crippen molar-refractivity contribution in [1.29, 1.82) is 0 Å². The lowest BCUT2D eigenvalue weighted by atomic mass is 10.1. The SMILES string of the molecule is COc1ccccc1C(=O)NCC(=O)N[C@H](CN1CCOCC1)c1ccccc1. The zero-order valence-corrected chi connectivity index (χ0v) is 16.6. The van der Waals surface area contributed by atoms with Gasteiger partial charge in [0.2, 0.25) is 5.91 Å². The predicted molar refractivity (Wildman–Crippen MR) is 110 cm³/mol. The minimum Gasteiger partial charge on any atom is -0.496 e. The quantitative estimate of drug-likeness (QED) is 0.708. The molecular weight excluding hydrogens is 370 g/mol. The Bertz CT molecular complexity index is 807. The van der Waals surface area contributed by atoms with Crippen LogP contribution in [0.1, 0.15) is 22.0 Å². The predicted octanol–water partition coefficient (Wildman–Crippen LogP) is 1.61. The van der Waals surface area contributed by atoms with Gasteiger partial charge in [-0.3, -0.25) is 14.5 Å². The highest BCUT2D eigenvalue weighted by Crippen LogP contribution is 2.17. The molecule has 1 atom stereocenters. The third-order valence-corrected chi connectivity index (χ3v) is 4.84. The summed E-state index contributed by atoms with van der Waals surface area (Å²) in [6, 6.07) is 16.6. The van der Waals surface area contributed by atoms with Crippen molar-refractivity contribution in [2.75, 3.05) is 46.5 Å². The molecule has 29 heavy (non-hydrogen) atoms. The van der Waals surface area contributed by atoms with Crippen molar-refractivity contribution >= 4 is 11.8 Å². The molecule has 1 saturated heterocycles. The number of para-hydroxylation sites is 1. The average molecular weight is 397 g/mol. The van der Waals surface area contributed by atoms with Gasteiger partial charge in [-0.1, -0.05) is 42.5 Å². The number of morpholine rings is 1. The number of methoxy groups -OCH3 is 1. The molecule has 1 heterocycles. The fraction of sp³-hybridized carbons (Fsp3) is 0.364. The van der Waals surface area contributed by atoms with Crippen LogP contribution in [0.5, 0.6) is 5.75 Å². The molecule has 2 N–H and O–H groups in total. The fourth-order valence-electron chi connectivity index (χ4n) is 3.30. The zero-order valence-electron chi connectivity index (χ0n) is 16.6. The summed E-state index contributed by atoms with van der Waals surface area (Å²) in [6.07, 6.45) is 0. The first kappa shape index (κ1) is 20.8. The zero-order chi connectivity index (χ0) is 20.5. The number of hydrogen-bond acceptors (Lipinski definition) is 5. The number of nitrogens with one attached hydrogen (secondary N) is 2. The van der Waals surface area contributed by atoms with E-state index in [0.29, 0.717) is 31.1 Å². The lowest BCUT2D eigenvalue weighted by Crippen LogP contribution is -2.45. The Kier molecular flexibility index (Phi) is 7.61. The fourth-order valence-corrected chi connectivity index (χ4v) is 3.30. The Labute approximate surface area is 171 Å². The second-order valence-electron chi connectivity index (χ2n) is 6.83. The van der Waals surface area contributed by atoms with Gasteiger partial charge < -0.3 is 20.1 Å². The number of nitrogens with zero attached hydrogens (tertiary/aromatic N) is 1. The maximum atomic E-state index is 12.6. The third-order valence-electron chi connectivity index (χ3n) is 4.84. The van der Waals surface area contributed by atoms with Crippen molar-refractivity contribution in [2.45, 2.75) is 6.04 Å². The van der Waals surface area contributed by atoms with Crippen LogP contribution in [0.25, 0.3) is 0 Å². The first-order valence-corrected chi connectivity index (χ1v) is 9.73. The molecule has 0 spiro atoms. The van der Waals surface area contributed by atoms with E-state index in [0.717, 1.165) is 18.7 Å². The van der Waals surface area contributed by atoms with Crippen LogP contribution < -0.4 is 15.4 Å². The number of ether oxygens (including phenoxy) is 2. The normalized spacial score (nSPS) is 15.3. The van der Waals surface area contributed by atoms with Crippen molar-refractivity contribution in [2.24, 2.45) is 0 Å². The van der Waals surface area contributed by atoms with E-state index in [1.54, 1.807) is 24.3 Å². The van der Waals surface area contributed by atoms with Gasteiger partial charge >= 0.3 is 0 Å². The van der Waals surface area contributed by atoms with E-state index in [1.165, 1.54) is 7.11 Å². The molecule has 0 unspecified atom stereocenters. The van der Waals surface area contributed by atoms with Crippen LogP contribution in [-0.4, -0.2) is 63.2 Å². The Morgan fingerprint density at radius 2 is 1.76 bits per heavy atom. The first-order valence-electron chi connectivity index (χ1n) is 9.73. The molecule has 3 rings (SSSR count). The van der Waals surface area contributed by atoms with E-state index in [2.05, 4.69) is 15.5 Å². The van der Waals surface area contributed by atoms with Crippen molar-refractivity contribution in [3.63, 3.8) is 0 Å². The summed E-state index contributed by atoms with van der Waals surface area (Å²) in [5.41, 5.74) is 1.43. The minimum atomic E-state index is -0.345. The number of carbonyl (C=O) groups excluding carboxylic acids is 2. The molecule has 2 amide bonds. The van der Waals surface area contributed by atoms with Gasteiger partial charge in [-0.05, 0) is 17.7 Å². The van der Waals surface area contributed by atoms with Gasteiger partial charge in [0.25, 0.3) is 5.91 Å². The maximum Gasteiger partial charge on any atom is 0.255 e. The summed E-state index contributed by atoms with van der Waals surface area (Å²) in [4.78, 5) is 27.2. The number of rotatable bonds is 8. The monoisotopic (exact) mass is 397 g/mol. The van der Waals surface area contributed by atoms with Crippen LogP contribution in [0.4, 0.5) is 0 Å². The average Bonchev–Trinajstić information content (AvgIpc) is 2.78. The lowest BCUT2D eigenvalue weighted by Gasteiger charge is -2.31. The van der Waals surface area contributed by atoms with Crippen LogP contribution >= 0.6 is 0 Å². The number of hydrogen-bond donors (Lipinski definition) is 2. The molecule has 0 bridgehead atoms. The lowest BCUT2D eigenvalue weighted by molar-refractivity contribution is -0.121. The van der Waals surface area contributed by atoms with Crippen molar-refractivity contribution in [3.8, 4) is 5.75 Å². The second kappa shape index (κ2) is 10.6. The number of amides is 2. The number of carbonyl (C=O) groups is 2. The minimum absolute atomic E-state index is 0.108. The van der Waals surface area contributed by atoms with Crippen LogP contribution in [0.15, 0.2) is 54.6 Å². The standard InChI is InChI=1S/C22H27N3O4/c1-28-20-10-6-5-9-18(20)22(27)23-15-21(26)24-19(17-7-3-2-4-8-17)16-25-11-13-29-14-12-25/h2-10,19H,11-16H2,1H3,(H,23,27)(H,24,26)/t19-/m1/s1. The Morgan fingerprint density at radius 3 is 2.48 bits per heavy atom. The summed E-state index contributed by atoms with van der Waals surface area (Å²) in [5, 5.41) is 5.72. The molecule has 1 aliphatic rings. The molecule has 0 radical (unpaired) electrons. The molecule has 7 heteroatoms. The number of benzene rings is 2. The second-order valence-corrected chi connectivity index (χ2v) is 6.83. The summed E-state index contributed by atoms with van der Waals surface area (Å²) in [7, 11) is 1.51. The summed E-state index contributed by atoms with van der Waals surface area (Å²) < 4.78 is 10.6. The van der Waals surface area contributed by atoms with E-state index in [9.17, 15) is 9.59 Å². The van der Waals surface area contributed by atoms with E-state index in [1.807, 2.05) is 30.3 Å². The van der Waals surface area contributed by atoms with Crippen LogP contribution in [0, 0.1) is 0 Å². The van der Waals surface area contributed by atoms with Gasteiger partial charge in [-0.2, -0.15) is 0 Å². The van der Waals surface area contributed by atoms with E-state index in [4.69, 9.17) is 9.47 Å². The van der Waals surface area contributed by atoms with Gasteiger partial charge in [-0.25, -0.2) is 0 Å².